The SMILES string of the molecule is COc1cc(N(C)CCN(C)C)c([N+](=O)[O-])cc1Nc1nccc(-c2c3n(c4ccc(F)cc24)CCCC3)n1. The lowest BCUT2D eigenvalue weighted by Crippen LogP contribution is -2.28. The molecule has 1 aliphatic heterocycles. The summed E-state index contributed by atoms with van der Waals surface area (Å²) >= 11 is 0. The van der Waals surface area contributed by atoms with E-state index in [1.54, 1.807) is 18.3 Å². The van der Waals surface area contributed by atoms with Crippen LogP contribution in [0.3, 0.4) is 0 Å². The summed E-state index contributed by atoms with van der Waals surface area (Å²) in [5, 5.41) is 15.9. The van der Waals surface area contributed by atoms with E-state index < -0.39 is 4.92 Å². The van der Waals surface area contributed by atoms with Gasteiger partial charge in [0.2, 0.25) is 5.95 Å². The molecule has 2 aromatic carbocycles. The van der Waals surface area contributed by atoms with Crippen molar-refractivity contribution in [2.45, 2.75) is 25.8 Å². The van der Waals surface area contributed by atoms with Crippen molar-refractivity contribution in [3.05, 3.63) is 64.2 Å². The number of nitrogens with zero attached hydrogens (tertiary/aromatic N) is 6. The van der Waals surface area contributed by atoms with Crippen LogP contribution in [0.15, 0.2) is 42.6 Å². The number of nitrogens with one attached hydrogen (secondary N) is 1. The smallest absolute Gasteiger partial charge is 0.294 e. The van der Waals surface area contributed by atoms with Gasteiger partial charge in [-0.1, -0.05) is 0 Å². The standard InChI is InChI=1S/C28H32FN7O3/c1-33(2)13-14-34(3)24-17-26(39-4)21(16-25(24)36(37)38)32-28-30-11-10-20(31-28)27-19-15-18(29)8-9-22(19)35-12-6-5-7-23(27)35/h8-11,15-17H,5-7,12-14H2,1-4H3,(H,30,31,32). The van der Waals surface area contributed by atoms with Crippen molar-refractivity contribution in [3.8, 4) is 17.0 Å². The largest absolute Gasteiger partial charge is 0.494 e. The average Bonchev–Trinajstić information content (AvgIpc) is 3.24. The molecule has 0 unspecified atom stereocenters. The summed E-state index contributed by atoms with van der Waals surface area (Å²) < 4.78 is 22.1. The highest BCUT2D eigenvalue weighted by atomic mass is 19.1. The fraction of sp³-hybridized carbons (Fsp3) is 0.357. The molecule has 39 heavy (non-hydrogen) atoms. The zero-order valence-electron chi connectivity index (χ0n) is 22.6. The molecule has 2 aromatic heterocycles. The maximum Gasteiger partial charge on any atom is 0.294 e. The van der Waals surface area contributed by atoms with Crippen molar-refractivity contribution in [1.29, 1.82) is 0 Å². The van der Waals surface area contributed by atoms with Gasteiger partial charge in [-0.15, -0.1) is 0 Å². The lowest BCUT2D eigenvalue weighted by atomic mass is 10.0. The molecule has 0 atom stereocenters. The Morgan fingerprint density at radius 3 is 2.72 bits per heavy atom. The van der Waals surface area contributed by atoms with E-state index in [-0.39, 0.29) is 17.5 Å². The van der Waals surface area contributed by atoms with Crippen molar-refractivity contribution in [3.63, 3.8) is 0 Å². The molecular formula is C28H32FN7O3. The number of nitro groups is 1. The number of hydrogen-bond acceptors (Lipinski definition) is 8. The molecule has 4 aromatic rings. The van der Waals surface area contributed by atoms with Gasteiger partial charge in [0.25, 0.3) is 5.69 Å². The van der Waals surface area contributed by atoms with E-state index in [2.05, 4.69) is 14.9 Å². The second-order valence-corrected chi connectivity index (χ2v) is 10.0. The summed E-state index contributed by atoms with van der Waals surface area (Å²) in [4.78, 5) is 24.6. The van der Waals surface area contributed by atoms with E-state index in [0.717, 1.165) is 54.5 Å². The average molecular weight is 534 g/mol. The van der Waals surface area contributed by atoms with Gasteiger partial charge in [0.1, 0.15) is 17.3 Å². The molecule has 0 radical (unpaired) electrons. The molecule has 0 amide bonds. The molecule has 0 fully saturated rings. The summed E-state index contributed by atoms with van der Waals surface area (Å²) in [7, 11) is 7.23. The van der Waals surface area contributed by atoms with E-state index in [1.165, 1.54) is 19.2 Å². The molecule has 1 N–H and O–H groups in total. The van der Waals surface area contributed by atoms with Gasteiger partial charge in [-0.2, -0.15) is 0 Å². The maximum absolute atomic E-state index is 14.3. The topological polar surface area (TPSA) is 102 Å². The predicted molar refractivity (Wildman–Crippen MR) is 151 cm³/mol. The van der Waals surface area contributed by atoms with Crippen LogP contribution in [0.5, 0.6) is 5.75 Å². The highest BCUT2D eigenvalue weighted by molar-refractivity contribution is 5.97. The quantitative estimate of drug-likeness (QED) is 0.231. The first kappa shape index (κ1) is 26.4. The monoisotopic (exact) mass is 533 g/mol. The lowest BCUT2D eigenvalue weighted by Gasteiger charge is -2.22. The van der Waals surface area contributed by atoms with Crippen LogP contribution < -0.4 is 15.0 Å². The Bertz CT molecular complexity index is 1540. The number of halogens is 1. The van der Waals surface area contributed by atoms with Gasteiger partial charge < -0.3 is 24.4 Å². The van der Waals surface area contributed by atoms with Gasteiger partial charge in [0.05, 0.1) is 23.4 Å². The second-order valence-electron chi connectivity index (χ2n) is 10.0. The minimum atomic E-state index is -0.405. The van der Waals surface area contributed by atoms with Gasteiger partial charge in [-0.05, 0) is 57.6 Å². The third-order valence-electron chi connectivity index (χ3n) is 7.12. The number of anilines is 3. The van der Waals surface area contributed by atoms with Crippen LogP contribution in [0, 0.1) is 15.9 Å². The Morgan fingerprint density at radius 2 is 1.97 bits per heavy atom. The van der Waals surface area contributed by atoms with Gasteiger partial charge in [0, 0.05) is 67.2 Å². The second kappa shape index (κ2) is 10.9. The summed E-state index contributed by atoms with van der Waals surface area (Å²) in [6.07, 6.45) is 4.63. The molecule has 204 valence electrons. The van der Waals surface area contributed by atoms with Gasteiger partial charge in [-0.25, -0.2) is 14.4 Å². The Morgan fingerprint density at radius 1 is 1.15 bits per heavy atom. The van der Waals surface area contributed by atoms with Crippen LogP contribution in [-0.2, 0) is 13.0 Å². The third-order valence-corrected chi connectivity index (χ3v) is 7.12. The number of benzene rings is 2. The van der Waals surface area contributed by atoms with E-state index in [0.29, 0.717) is 29.4 Å². The van der Waals surface area contributed by atoms with E-state index in [9.17, 15) is 14.5 Å². The van der Waals surface area contributed by atoms with Crippen LogP contribution in [0.25, 0.3) is 22.2 Å². The number of methoxy groups -OCH3 is 1. The normalized spacial score (nSPS) is 13.0. The highest BCUT2D eigenvalue weighted by Gasteiger charge is 2.24. The molecule has 0 saturated carbocycles. The zero-order valence-corrected chi connectivity index (χ0v) is 22.6. The minimum Gasteiger partial charge on any atom is -0.494 e. The summed E-state index contributed by atoms with van der Waals surface area (Å²) in [6, 6.07) is 9.78. The highest BCUT2D eigenvalue weighted by Crippen LogP contribution is 2.40. The van der Waals surface area contributed by atoms with Crippen molar-refractivity contribution in [1.82, 2.24) is 19.4 Å². The van der Waals surface area contributed by atoms with E-state index in [4.69, 9.17) is 9.72 Å². The van der Waals surface area contributed by atoms with Crippen LogP contribution in [0.2, 0.25) is 0 Å². The number of likely N-dealkylation sites (N-methyl/N-ethyl adjacent to an activating group) is 2. The molecule has 10 nitrogen and oxygen atoms in total. The number of aryl methyl sites for hydroxylation is 1. The first-order valence-electron chi connectivity index (χ1n) is 12.9. The molecule has 0 bridgehead atoms. The molecule has 0 spiro atoms. The minimum absolute atomic E-state index is 0.0568. The molecule has 3 heterocycles. The van der Waals surface area contributed by atoms with Crippen LogP contribution in [-0.4, -0.2) is 65.7 Å². The molecular weight excluding hydrogens is 501 g/mol. The predicted octanol–water partition coefficient (Wildman–Crippen LogP) is 5.23. The van der Waals surface area contributed by atoms with Crippen molar-refractivity contribution in [2.75, 3.05) is 51.6 Å². The Kier molecular flexibility index (Phi) is 7.34. The fourth-order valence-corrected chi connectivity index (χ4v) is 5.17. The summed E-state index contributed by atoms with van der Waals surface area (Å²) in [6.45, 7) is 2.22. The molecule has 0 saturated heterocycles. The van der Waals surface area contributed by atoms with Crippen LogP contribution in [0.1, 0.15) is 18.5 Å². The van der Waals surface area contributed by atoms with Crippen LogP contribution >= 0.6 is 0 Å². The number of ether oxygens (including phenoxy) is 1. The van der Waals surface area contributed by atoms with Crippen molar-refractivity contribution >= 4 is 33.9 Å². The number of fused-ring (bicyclic) bond motifs is 3. The number of nitro benzene ring substituents is 1. The van der Waals surface area contributed by atoms with E-state index in [1.807, 2.05) is 43.1 Å². The molecule has 11 heteroatoms. The van der Waals surface area contributed by atoms with Gasteiger partial charge in [-0.3, -0.25) is 10.1 Å². The number of hydrogen-bond donors (Lipinski definition) is 1. The number of aromatic nitrogens is 3. The Hall–Kier alpha value is -4.25. The third kappa shape index (κ3) is 5.22. The molecule has 1 aliphatic rings. The van der Waals surface area contributed by atoms with Gasteiger partial charge in [0.15, 0.2) is 0 Å². The van der Waals surface area contributed by atoms with Crippen LogP contribution in [0.4, 0.5) is 27.4 Å². The summed E-state index contributed by atoms with van der Waals surface area (Å²) in [5.74, 6) is 0.385. The lowest BCUT2D eigenvalue weighted by molar-refractivity contribution is -0.384. The Labute approximate surface area is 226 Å². The zero-order chi connectivity index (χ0) is 27.7. The van der Waals surface area contributed by atoms with Gasteiger partial charge >= 0.3 is 0 Å². The molecule has 0 aliphatic carbocycles. The van der Waals surface area contributed by atoms with E-state index >= 15 is 0 Å². The molecule has 5 rings (SSSR count). The van der Waals surface area contributed by atoms with Crippen molar-refractivity contribution in [2.24, 2.45) is 0 Å². The first-order valence-corrected chi connectivity index (χ1v) is 12.9. The Balaban J connectivity index is 1.54. The fourth-order valence-electron chi connectivity index (χ4n) is 5.17. The van der Waals surface area contributed by atoms with Crippen molar-refractivity contribution < 1.29 is 14.1 Å². The number of rotatable bonds is 9. The first-order chi connectivity index (χ1) is 18.8. The summed E-state index contributed by atoms with van der Waals surface area (Å²) in [5.41, 5.74) is 4.44. The maximum atomic E-state index is 14.3.